The number of rotatable bonds is 19. The summed E-state index contributed by atoms with van der Waals surface area (Å²) in [6.07, 6.45) is 0. The molecular weight excluding hydrogens is 630 g/mol. The lowest BCUT2D eigenvalue weighted by atomic mass is 10.0. The second-order valence-corrected chi connectivity index (χ2v) is 14.2. The van der Waals surface area contributed by atoms with Crippen molar-refractivity contribution in [2.75, 3.05) is 137 Å². The van der Waals surface area contributed by atoms with Gasteiger partial charge in [0, 0.05) is 91.1 Å². The van der Waals surface area contributed by atoms with Crippen LogP contribution in [0.4, 0.5) is 0 Å². The molecule has 20 heteroatoms. The molecule has 18 nitrogen and oxygen atoms in total. The molecule has 0 saturated carbocycles. The number of aliphatic hydroxyl groups is 7. The summed E-state index contributed by atoms with van der Waals surface area (Å²) in [5.74, 6) is -0.455. The molecule has 0 aromatic carbocycles. The molecule has 9 N–H and O–H groups in total. The molecule has 0 radical (unpaired) electrons. The fourth-order valence-electron chi connectivity index (χ4n) is 5.40. The van der Waals surface area contributed by atoms with Crippen LogP contribution < -0.4 is 0 Å². The van der Waals surface area contributed by atoms with Gasteiger partial charge in [0.1, 0.15) is 5.25 Å². The van der Waals surface area contributed by atoms with Crippen LogP contribution >= 0.6 is 0 Å². The van der Waals surface area contributed by atoms with Crippen LogP contribution in [0.2, 0.25) is 0 Å². The van der Waals surface area contributed by atoms with Crippen LogP contribution in [0.5, 0.6) is 0 Å². The molecule has 0 amide bonds. The Morgan fingerprint density at radius 2 is 1.16 bits per heavy atom. The van der Waals surface area contributed by atoms with Crippen LogP contribution in [-0.2, 0) is 20.2 Å². The van der Waals surface area contributed by atoms with Crippen LogP contribution in [0.15, 0.2) is 0 Å². The van der Waals surface area contributed by atoms with Gasteiger partial charge in [0.15, 0.2) is 0 Å². The fourth-order valence-corrected chi connectivity index (χ4v) is 6.94. The molecule has 2 atom stereocenters. The van der Waals surface area contributed by atoms with Gasteiger partial charge in [-0.3, -0.25) is 33.6 Å². The molecule has 2 saturated heterocycles. The third kappa shape index (κ3) is 14.0. The summed E-state index contributed by atoms with van der Waals surface area (Å²) in [7, 11) is -8.56. The molecule has 0 aliphatic carbocycles. The molecule has 2 aliphatic rings. The second kappa shape index (κ2) is 20.5. The Balaban J connectivity index is 0.000000582. The normalized spacial score (nSPS) is 20.9. The van der Waals surface area contributed by atoms with Crippen molar-refractivity contribution >= 4 is 20.2 Å². The summed E-state index contributed by atoms with van der Waals surface area (Å²) < 4.78 is 65.7. The van der Waals surface area contributed by atoms with Crippen molar-refractivity contribution < 1.29 is 61.7 Å². The fraction of sp³-hybridized carbons (Fsp3) is 1.00. The van der Waals surface area contributed by atoms with Crippen LogP contribution in [-0.4, -0.2) is 240 Å². The zero-order valence-corrected chi connectivity index (χ0v) is 26.8. The summed E-state index contributed by atoms with van der Waals surface area (Å²) in [4.78, 5) is 9.07. The first-order chi connectivity index (χ1) is 20.7. The number of nitrogens with zero attached hydrogens (tertiary/aromatic N) is 5. The van der Waals surface area contributed by atoms with E-state index in [1.54, 1.807) is 4.90 Å². The highest BCUT2D eigenvalue weighted by Crippen LogP contribution is 2.20. The maximum Gasteiger partial charge on any atom is 0.270 e. The number of piperazine rings is 2. The van der Waals surface area contributed by atoms with Crippen molar-refractivity contribution in [2.24, 2.45) is 0 Å². The van der Waals surface area contributed by atoms with E-state index >= 15 is 0 Å². The first-order valence-electron chi connectivity index (χ1n) is 14.6. The predicted molar refractivity (Wildman–Crippen MR) is 160 cm³/mol. The zero-order chi connectivity index (χ0) is 33.4. The van der Waals surface area contributed by atoms with E-state index in [2.05, 4.69) is 4.90 Å². The van der Waals surface area contributed by atoms with Gasteiger partial charge in [-0.25, -0.2) is 0 Å². The molecule has 264 valence electrons. The van der Waals surface area contributed by atoms with Crippen molar-refractivity contribution in [2.45, 2.75) is 16.8 Å². The van der Waals surface area contributed by atoms with Crippen molar-refractivity contribution in [1.29, 1.82) is 0 Å². The van der Waals surface area contributed by atoms with Crippen molar-refractivity contribution in [3.05, 3.63) is 0 Å². The predicted octanol–water partition coefficient (Wildman–Crippen LogP) is -6.29. The summed E-state index contributed by atoms with van der Waals surface area (Å²) in [6.45, 7) is 3.26. The topological polar surface area (TPSA) is 267 Å². The molecule has 2 aliphatic heterocycles. The third-order valence-electron chi connectivity index (χ3n) is 8.10. The smallest absolute Gasteiger partial charge is 0.270 e. The molecule has 0 spiro atoms. The van der Waals surface area contributed by atoms with E-state index in [0.717, 1.165) is 0 Å². The van der Waals surface area contributed by atoms with E-state index in [0.29, 0.717) is 45.8 Å². The molecule has 2 fully saturated rings. The van der Waals surface area contributed by atoms with Crippen LogP contribution in [0.1, 0.15) is 0 Å². The minimum atomic E-state index is -4.42. The van der Waals surface area contributed by atoms with Crippen molar-refractivity contribution in [3.8, 4) is 0 Å². The van der Waals surface area contributed by atoms with Gasteiger partial charge in [-0.15, -0.1) is 0 Å². The van der Waals surface area contributed by atoms with Gasteiger partial charge < -0.3 is 35.7 Å². The molecule has 44 heavy (non-hydrogen) atoms. The van der Waals surface area contributed by atoms with Gasteiger partial charge in [-0.1, -0.05) is 0 Å². The zero-order valence-electron chi connectivity index (χ0n) is 25.2. The minimum absolute atomic E-state index is 0.0559. The van der Waals surface area contributed by atoms with E-state index in [4.69, 9.17) is 35.2 Å². The van der Waals surface area contributed by atoms with E-state index in [1.165, 1.54) is 4.90 Å². The van der Waals surface area contributed by atoms with Gasteiger partial charge in [-0.05, 0) is 0 Å². The average Bonchev–Trinajstić information content (AvgIpc) is 2.97. The molecular formula is C24H53N5O13S2. The largest absolute Gasteiger partial charge is 0.395 e. The molecule has 2 heterocycles. The Labute approximate surface area is 260 Å². The summed E-state index contributed by atoms with van der Waals surface area (Å²) in [5.41, 5.74) is -1.18. The van der Waals surface area contributed by atoms with E-state index in [9.17, 15) is 26.5 Å². The second-order valence-electron chi connectivity index (χ2n) is 11.0. The van der Waals surface area contributed by atoms with Crippen LogP contribution in [0, 0.1) is 0 Å². The standard InChI is InChI=1S/C16H34N4O8S2.C8H19NO5/c21-10-7-17-1-3-18(4-2-17)14-16(30(26,27)28)15-13-19(9-12-29(23,24)25)5-6-20(15)8-11-22;10-3-1-9(2-4-11)8(5-12,6-13)7-14/h15-16,21-22H,1-14H2,(H,23,24,25)(H,26,27,28);10-14H,1-7H2. The highest BCUT2D eigenvalue weighted by atomic mass is 32.2. The van der Waals surface area contributed by atoms with Gasteiger partial charge in [0.05, 0.1) is 57.5 Å². The van der Waals surface area contributed by atoms with E-state index in [1.807, 2.05) is 9.80 Å². The molecule has 0 aromatic rings. The van der Waals surface area contributed by atoms with Gasteiger partial charge in [0.2, 0.25) is 0 Å². The van der Waals surface area contributed by atoms with Gasteiger partial charge in [-0.2, -0.15) is 16.8 Å². The lowest BCUT2D eigenvalue weighted by Gasteiger charge is -2.45. The molecule has 2 unspecified atom stereocenters. The average molecular weight is 684 g/mol. The van der Waals surface area contributed by atoms with Crippen molar-refractivity contribution in [3.63, 3.8) is 0 Å². The summed E-state index contributed by atoms with van der Waals surface area (Å²) >= 11 is 0. The molecule has 0 aromatic heterocycles. The van der Waals surface area contributed by atoms with Crippen LogP contribution in [0.25, 0.3) is 0 Å². The maximum atomic E-state index is 12.3. The molecule has 0 bridgehead atoms. The maximum absolute atomic E-state index is 12.3. The summed E-state index contributed by atoms with van der Waals surface area (Å²) in [5, 5.41) is 62.0. The SMILES string of the molecule is O=S(=O)(O)CCN1CCN(CCO)C(C(CN2CCN(CCO)CC2)S(=O)(=O)O)C1.OCCN(CCO)C(CO)(CO)CO. The number of hydrogen-bond donors (Lipinski definition) is 9. The Morgan fingerprint density at radius 1 is 0.659 bits per heavy atom. The Morgan fingerprint density at radius 3 is 1.59 bits per heavy atom. The Kier molecular flexibility index (Phi) is 19.3. The highest BCUT2D eigenvalue weighted by Gasteiger charge is 2.41. The van der Waals surface area contributed by atoms with Crippen molar-refractivity contribution in [1.82, 2.24) is 24.5 Å². The van der Waals surface area contributed by atoms with E-state index in [-0.39, 0.29) is 65.7 Å². The van der Waals surface area contributed by atoms with Gasteiger partial charge >= 0.3 is 0 Å². The number of hydrogen-bond acceptors (Lipinski definition) is 16. The lowest BCUT2D eigenvalue weighted by molar-refractivity contribution is -0.0578. The first-order valence-corrected chi connectivity index (χ1v) is 17.7. The molecule has 2 rings (SSSR count). The highest BCUT2D eigenvalue weighted by molar-refractivity contribution is 7.86. The summed E-state index contributed by atoms with van der Waals surface area (Å²) in [6, 6.07) is -0.627. The Hall–Kier alpha value is -0.660. The number of β-amino-alcohol motifs (C(OH)–C–C–N with tert-alkyl or cyclic N) is 4. The number of aliphatic hydroxyl groups excluding tert-OH is 7. The quantitative estimate of drug-likeness (QED) is 0.0573. The monoisotopic (exact) mass is 683 g/mol. The van der Waals surface area contributed by atoms with Crippen LogP contribution in [0.3, 0.4) is 0 Å². The minimum Gasteiger partial charge on any atom is -0.395 e. The van der Waals surface area contributed by atoms with E-state index < -0.39 is 62.6 Å². The first kappa shape index (κ1) is 41.4. The Bertz CT molecular complexity index is 969. The lowest BCUT2D eigenvalue weighted by Crippen LogP contribution is -2.62. The third-order valence-corrected chi connectivity index (χ3v) is 10.0. The van der Waals surface area contributed by atoms with Gasteiger partial charge in [0.25, 0.3) is 20.2 Å².